The molecule has 1 fully saturated rings. The maximum atomic E-state index is 12.7. The van der Waals surface area contributed by atoms with Crippen LogP contribution in [0.4, 0.5) is 0 Å². The van der Waals surface area contributed by atoms with Gasteiger partial charge in [-0.1, -0.05) is 18.6 Å². The molecule has 1 aliphatic rings. The molecule has 5 nitrogen and oxygen atoms in total. The first-order valence-electron chi connectivity index (χ1n) is 9.30. The molecular formula is C21H27N3O2. The molecular weight excluding hydrogens is 326 g/mol. The predicted molar refractivity (Wildman–Crippen MR) is 102 cm³/mol. The third-order valence-corrected chi connectivity index (χ3v) is 5.12. The highest BCUT2D eigenvalue weighted by Gasteiger charge is 2.37. The van der Waals surface area contributed by atoms with E-state index >= 15 is 0 Å². The molecule has 0 aliphatic heterocycles. The number of nitrogens with zero attached hydrogens (tertiary/aromatic N) is 2. The normalized spacial score (nSPS) is 15.3. The van der Waals surface area contributed by atoms with Crippen LogP contribution in [0.1, 0.15) is 47.9 Å². The Kier molecular flexibility index (Phi) is 5.67. The molecule has 1 aromatic carbocycles. The third-order valence-electron chi connectivity index (χ3n) is 5.12. The van der Waals surface area contributed by atoms with Crippen molar-refractivity contribution in [1.82, 2.24) is 15.3 Å². The fourth-order valence-corrected chi connectivity index (χ4v) is 3.36. The van der Waals surface area contributed by atoms with Crippen LogP contribution in [0.3, 0.4) is 0 Å². The number of aromatic nitrogens is 2. The summed E-state index contributed by atoms with van der Waals surface area (Å²) in [6.45, 7) is 7.97. The molecule has 138 valence electrons. The Labute approximate surface area is 155 Å². The molecule has 1 saturated carbocycles. The third kappa shape index (κ3) is 4.10. The number of rotatable bonds is 7. The largest absolute Gasteiger partial charge is 0.381 e. The predicted octanol–water partition coefficient (Wildman–Crippen LogP) is 3.70. The number of amides is 1. The molecule has 1 aromatic heterocycles. The SMILES string of the molecule is CCOCC1(CNC(=O)c2cccc(-c3nc(C)cnc3C)c2)CCC1. The van der Waals surface area contributed by atoms with Gasteiger partial charge < -0.3 is 10.1 Å². The first kappa shape index (κ1) is 18.5. The molecule has 5 heteroatoms. The number of carbonyl (C=O) groups is 1. The summed E-state index contributed by atoms with van der Waals surface area (Å²) >= 11 is 0. The van der Waals surface area contributed by atoms with Gasteiger partial charge in [0.05, 0.1) is 23.7 Å². The van der Waals surface area contributed by atoms with Crippen LogP contribution in [0, 0.1) is 19.3 Å². The molecule has 2 aromatic rings. The minimum atomic E-state index is -0.0483. The van der Waals surface area contributed by atoms with E-state index < -0.39 is 0 Å². The molecule has 0 bridgehead atoms. The van der Waals surface area contributed by atoms with Crippen molar-refractivity contribution in [3.63, 3.8) is 0 Å². The van der Waals surface area contributed by atoms with E-state index in [9.17, 15) is 4.79 Å². The standard InChI is InChI=1S/C21H27N3O2/c1-4-26-14-21(9-6-10-21)13-23-20(25)18-8-5-7-17(11-18)19-16(3)22-12-15(2)24-19/h5,7-8,11-12H,4,6,9-10,13-14H2,1-3H3,(H,23,25). The van der Waals surface area contributed by atoms with E-state index in [1.54, 1.807) is 6.20 Å². The number of benzene rings is 1. The minimum absolute atomic E-state index is 0.0483. The lowest BCUT2D eigenvalue weighted by Gasteiger charge is -2.41. The molecule has 0 unspecified atom stereocenters. The number of hydrogen-bond acceptors (Lipinski definition) is 4. The van der Waals surface area contributed by atoms with Gasteiger partial charge >= 0.3 is 0 Å². The summed E-state index contributed by atoms with van der Waals surface area (Å²) in [4.78, 5) is 21.6. The summed E-state index contributed by atoms with van der Waals surface area (Å²) in [5, 5.41) is 3.10. The number of carbonyl (C=O) groups excluding carboxylic acids is 1. The Morgan fingerprint density at radius 2 is 2.12 bits per heavy atom. The van der Waals surface area contributed by atoms with Crippen LogP contribution in [0.25, 0.3) is 11.3 Å². The highest BCUT2D eigenvalue weighted by atomic mass is 16.5. The second kappa shape index (κ2) is 7.96. The summed E-state index contributed by atoms with van der Waals surface area (Å²) in [7, 11) is 0. The van der Waals surface area contributed by atoms with E-state index in [2.05, 4.69) is 15.3 Å². The van der Waals surface area contributed by atoms with Crippen LogP contribution in [0.5, 0.6) is 0 Å². The molecule has 0 atom stereocenters. The van der Waals surface area contributed by atoms with Crippen molar-refractivity contribution in [1.29, 1.82) is 0 Å². The second-order valence-corrected chi connectivity index (χ2v) is 7.20. The molecule has 0 radical (unpaired) electrons. The average Bonchev–Trinajstić information content (AvgIpc) is 2.62. The number of hydrogen-bond donors (Lipinski definition) is 1. The smallest absolute Gasteiger partial charge is 0.251 e. The minimum Gasteiger partial charge on any atom is -0.381 e. The molecule has 1 amide bonds. The van der Waals surface area contributed by atoms with E-state index in [1.165, 1.54) is 6.42 Å². The lowest BCUT2D eigenvalue weighted by molar-refractivity contribution is -0.000182. The van der Waals surface area contributed by atoms with Crippen LogP contribution >= 0.6 is 0 Å². The molecule has 1 aliphatic carbocycles. The van der Waals surface area contributed by atoms with Gasteiger partial charge in [-0.3, -0.25) is 9.78 Å². The number of nitrogens with one attached hydrogen (secondary N) is 1. The monoisotopic (exact) mass is 353 g/mol. The van der Waals surface area contributed by atoms with Gasteiger partial charge in [0.25, 0.3) is 5.91 Å². The summed E-state index contributed by atoms with van der Waals surface area (Å²) in [5.41, 5.74) is 4.23. The fraction of sp³-hybridized carbons (Fsp3) is 0.476. The maximum Gasteiger partial charge on any atom is 0.251 e. The van der Waals surface area contributed by atoms with Gasteiger partial charge in [-0.15, -0.1) is 0 Å². The highest BCUT2D eigenvalue weighted by Crippen LogP contribution is 2.40. The van der Waals surface area contributed by atoms with E-state index in [1.807, 2.05) is 45.0 Å². The van der Waals surface area contributed by atoms with Gasteiger partial charge in [-0.05, 0) is 45.7 Å². The Morgan fingerprint density at radius 3 is 2.81 bits per heavy atom. The Bertz CT molecular complexity index is 785. The molecule has 0 spiro atoms. The molecule has 3 rings (SSSR count). The molecule has 0 saturated heterocycles. The Hall–Kier alpha value is -2.27. The first-order valence-corrected chi connectivity index (χ1v) is 9.30. The Morgan fingerprint density at radius 1 is 1.31 bits per heavy atom. The zero-order valence-electron chi connectivity index (χ0n) is 15.8. The lowest BCUT2D eigenvalue weighted by Crippen LogP contribution is -2.45. The molecule has 1 heterocycles. The van der Waals surface area contributed by atoms with Crippen LogP contribution in [0.15, 0.2) is 30.5 Å². The lowest BCUT2D eigenvalue weighted by atomic mass is 9.69. The van der Waals surface area contributed by atoms with Crippen LogP contribution in [0.2, 0.25) is 0 Å². The van der Waals surface area contributed by atoms with Gasteiger partial charge in [0.15, 0.2) is 0 Å². The van der Waals surface area contributed by atoms with E-state index in [0.717, 1.165) is 42.1 Å². The van der Waals surface area contributed by atoms with E-state index in [0.29, 0.717) is 18.7 Å². The topological polar surface area (TPSA) is 64.1 Å². The van der Waals surface area contributed by atoms with Crippen molar-refractivity contribution in [3.05, 3.63) is 47.4 Å². The zero-order chi connectivity index (χ0) is 18.6. The van der Waals surface area contributed by atoms with Crippen LogP contribution < -0.4 is 5.32 Å². The first-order chi connectivity index (χ1) is 12.5. The summed E-state index contributed by atoms with van der Waals surface area (Å²) in [6, 6.07) is 7.60. The van der Waals surface area contributed by atoms with Crippen LogP contribution in [-0.2, 0) is 4.74 Å². The van der Waals surface area contributed by atoms with Crippen molar-refractivity contribution < 1.29 is 9.53 Å². The second-order valence-electron chi connectivity index (χ2n) is 7.20. The number of aryl methyl sites for hydroxylation is 2. The molecule has 26 heavy (non-hydrogen) atoms. The Balaban J connectivity index is 1.71. The summed E-state index contributed by atoms with van der Waals surface area (Å²) < 4.78 is 5.61. The van der Waals surface area contributed by atoms with Gasteiger partial charge in [0, 0.05) is 35.9 Å². The summed E-state index contributed by atoms with van der Waals surface area (Å²) in [5.74, 6) is -0.0483. The fourth-order valence-electron chi connectivity index (χ4n) is 3.36. The number of ether oxygens (including phenoxy) is 1. The van der Waals surface area contributed by atoms with Crippen molar-refractivity contribution in [2.24, 2.45) is 5.41 Å². The molecule has 1 N–H and O–H groups in total. The zero-order valence-corrected chi connectivity index (χ0v) is 15.8. The van der Waals surface area contributed by atoms with E-state index in [-0.39, 0.29) is 11.3 Å². The maximum absolute atomic E-state index is 12.7. The van der Waals surface area contributed by atoms with Gasteiger partial charge in [-0.25, -0.2) is 4.98 Å². The van der Waals surface area contributed by atoms with Gasteiger partial charge in [-0.2, -0.15) is 0 Å². The van der Waals surface area contributed by atoms with Crippen LogP contribution in [-0.4, -0.2) is 35.6 Å². The van der Waals surface area contributed by atoms with Crippen molar-refractivity contribution in [2.75, 3.05) is 19.8 Å². The highest BCUT2D eigenvalue weighted by molar-refractivity contribution is 5.95. The average molecular weight is 353 g/mol. The van der Waals surface area contributed by atoms with Crippen molar-refractivity contribution in [3.8, 4) is 11.3 Å². The van der Waals surface area contributed by atoms with Gasteiger partial charge in [0.1, 0.15) is 0 Å². The quantitative estimate of drug-likeness (QED) is 0.824. The summed E-state index contributed by atoms with van der Waals surface area (Å²) in [6.07, 6.45) is 5.20. The van der Waals surface area contributed by atoms with E-state index in [4.69, 9.17) is 4.74 Å². The van der Waals surface area contributed by atoms with Crippen molar-refractivity contribution in [2.45, 2.75) is 40.0 Å². The van der Waals surface area contributed by atoms with Gasteiger partial charge in [0.2, 0.25) is 0 Å². The van der Waals surface area contributed by atoms with Crippen molar-refractivity contribution >= 4 is 5.91 Å².